The lowest BCUT2D eigenvalue weighted by atomic mass is 9.84. The van der Waals surface area contributed by atoms with E-state index in [1.165, 1.54) is 0 Å². The summed E-state index contributed by atoms with van der Waals surface area (Å²) in [6.07, 6.45) is 2.77. The molecule has 2 unspecified atom stereocenters. The van der Waals surface area contributed by atoms with Gasteiger partial charge in [-0.15, -0.1) is 0 Å². The molecule has 1 amide bonds. The van der Waals surface area contributed by atoms with Gasteiger partial charge in [-0.3, -0.25) is 4.79 Å². The second kappa shape index (κ2) is 6.79. The van der Waals surface area contributed by atoms with Crippen molar-refractivity contribution in [1.82, 2.24) is 10.2 Å². The Morgan fingerprint density at radius 2 is 2.10 bits per heavy atom. The van der Waals surface area contributed by atoms with Crippen molar-refractivity contribution in [3.63, 3.8) is 0 Å². The van der Waals surface area contributed by atoms with Gasteiger partial charge in [0, 0.05) is 16.9 Å². The van der Waals surface area contributed by atoms with Crippen molar-refractivity contribution in [2.45, 2.75) is 25.3 Å². The molecular weight excluding hydrogens is 332 g/mol. The van der Waals surface area contributed by atoms with Crippen molar-refractivity contribution < 1.29 is 9.53 Å². The molecule has 0 aliphatic carbocycles. The number of nitrogens with zero attached hydrogens (tertiary/aromatic N) is 1. The normalized spacial score (nSPS) is 25.6. The summed E-state index contributed by atoms with van der Waals surface area (Å²) >= 11 is 3.41. The molecule has 4 nitrogen and oxygen atoms in total. The van der Waals surface area contributed by atoms with Gasteiger partial charge in [0.05, 0.1) is 6.54 Å². The Balaban J connectivity index is 1.55. The summed E-state index contributed by atoms with van der Waals surface area (Å²) in [6.45, 7) is 3.31. The van der Waals surface area contributed by atoms with Gasteiger partial charge in [0.2, 0.25) is 5.91 Å². The van der Waals surface area contributed by atoms with Crippen molar-refractivity contribution in [2.75, 3.05) is 26.2 Å². The molecule has 0 saturated carbocycles. The summed E-state index contributed by atoms with van der Waals surface area (Å²) in [5.41, 5.74) is 0. The smallest absolute Gasteiger partial charge is 0.222 e. The van der Waals surface area contributed by atoms with E-state index in [0.29, 0.717) is 31.5 Å². The molecule has 2 saturated heterocycles. The van der Waals surface area contributed by atoms with E-state index >= 15 is 0 Å². The van der Waals surface area contributed by atoms with Gasteiger partial charge in [-0.2, -0.15) is 0 Å². The van der Waals surface area contributed by atoms with Crippen LogP contribution in [0.25, 0.3) is 0 Å². The molecule has 2 fully saturated rings. The molecule has 0 aromatic heterocycles. The molecule has 114 valence electrons. The Hall–Kier alpha value is -1.07. The van der Waals surface area contributed by atoms with E-state index in [4.69, 9.17) is 4.74 Å². The van der Waals surface area contributed by atoms with Crippen molar-refractivity contribution in [3.05, 3.63) is 28.7 Å². The minimum Gasteiger partial charge on any atom is -0.492 e. The lowest BCUT2D eigenvalue weighted by Gasteiger charge is -2.44. The van der Waals surface area contributed by atoms with Crippen molar-refractivity contribution >= 4 is 21.8 Å². The first kappa shape index (κ1) is 14.9. The van der Waals surface area contributed by atoms with Gasteiger partial charge in [-0.1, -0.05) is 15.9 Å². The van der Waals surface area contributed by atoms with Crippen LogP contribution in [0.4, 0.5) is 0 Å². The number of nitrogens with one attached hydrogen (secondary N) is 1. The zero-order chi connectivity index (χ0) is 14.7. The lowest BCUT2D eigenvalue weighted by molar-refractivity contribution is -0.140. The van der Waals surface area contributed by atoms with Crippen molar-refractivity contribution in [2.24, 2.45) is 5.92 Å². The maximum absolute atomic E-state index is 12.2. The second-order valence-corrected chi connectivity index (χ2v) is 6.66. The average Bonchev–Trinajstić information content (AvgIpc) is 2.51. The molecular formula is C16H21BrN2O2. The largest absolute Gasteiger partial charge is 0.492 e. The fourth-order valence-corrected chi connectivity index (χ4v) is 3.60. The van der Waals surface area contributed by atoms with Crippen molar-refractivity contribution in [1.29, 1.82) is 0 Å². The summed E-state index contributed by atoms with van der Waals surface area (Å²) in [7, 11) is 0. The zero-order valence-electron chi connectivity index (χ0n) is 12.1. The van der Waals surface area contributed by atoms with Gasteiger partial charge in [-0.25, -0.2) is 0 Å². The molecule has 1 aromatic rings. The first-order valence-corrected chi connectivity index (χ1v) is 8.42. The van der Waals surface area contributed by atoms with Crippen LogP contribution >= 0.6 is 15.9 Å². The third-order valence-corrected chi connectivity index (χ3v) is 4.96. The van der Waals surface area contributed by atoms with Gasteiger partial charge in [-0.05, 0) is 56.1 Å². The predicted molar refractivity (Wildman–Crippen MR) is 85.3 cm³/mol. The number of likely N-dealkylation sites (tertiary alicyclic amines) is 1. The third kappa shape index (κ3) is 3.58. The molecule has 2 aliphatic rings. The standard InChI is InChI=1S/C16H21BrN2O2/c17-13-2-4-14(5-3-13)21-10-9-19-15-7-8-18-11-12(15)1-6-16(19)20/h2-5,12,15,18H,1,6-11H2. The highest BCUT2D eigenvalue weighted by atomic mass is 79.9. The third-order valence-electron chi connectivity index (χ3n) is 4.43. The maximum atomic E-state index is 12.2. The molecule has 0 spiro atoms. The van der Waals surface area contributed by atoms with Crippen LogP contribution < -0.4 is 10.1 Å². The van der Waals surface area contributed by atoms with Crippen LogP contribution in [0.2, 0.25) is 0 Å². The number of hydrogen-bond donors (Lipinski definition) is 1. The Kier molecular flexibility index (Phi) is 4.80. The monoisotopic (exact) mass is 352 g/mol. The van der Waals surface area contributed by atoms with E-state index in [9.17, 15) is 4.79 Å². The maximum Gasteiger partial charge on any atom is 0.222 e. The number of amides is 1. The molecule has 3 rings (SSSR count). The Morgan fingerprint density at radius 1 is 1.29 bits per heavy atom. The molecule has 1 N–H and O–H groups in total. The summed E-state index contributed by atoms with van der Waals surface area (Å²) < 4.78 is 6.80. The minimum absolute atomic E-state index is 0.289. The predicted octanol–water partition coefficient (Wildman–Crippen LogP) is 2.43. The average molecular weight is 353 g/mol. The summed E-state index contributed by atoms with van der Waals surface area (Å²) in [5.74, 6) is 1.76. The fourth-order valence-electron chi connectivity index (χ4n) is 3.33. The molecule has 21 heavy (non-hydrogen) atoms. The van der Waals surface area contributed by atoms with E-state index in [1.807, 2.05) is 29.2 Å². The van der Waals surface area contributed by atoms with Crippen LogP contribution in [-0.4, -0.2) is 43.1 Å². The number of rotatable bonds is 4. The number of halogens is 1. The number of carbonyl (C=O) groups is 1. The van der Waals surface area contributed by atoms with E-state index in [0.717, 1.165) is 36.2 Å². The van der Waals surface area contributed by atoms with Gasteiger partial charge in [0.1, 0.15) is 12.4 Å². The number of fused-ring (bicyclic) bond motifs is 1. The van der Waals surface area contributed by atoms with E-state index in [2.05, 4.69) is 21.2 Å². The fraction of sp³-hybridized carbons (Fsp3) is 0.562. The molecule has 1 aromatic carbocycles. The molecule has 2 atom stereocenters. The summed E-state index contributed by atoms with van der Waals surface area (Å²) in [5, 5.41) is 3.43. The number of ether oxygens (including phenoxy) is 1. The first-order valence-electron chi connectivity index (χ1n) is 7.62. The number of benzene rings is 1. The SMILES string of the molecule is O=C1CCC2CNCCC2N1CCOc1ccc(Br)cc1. The Bertz CT molecular complexity index is 492. The van der Waals surface area contributed by atoms with Crippen LogP contribution in [0.5, 0.6) is 5.75 Å². The topological polar surface area (TPSA) is 41.6 Å². The Morgan fingerprint density at radius 3 is 2.90 bits per heavy atom. The lowest BCUT2D eigenvalue weighted by Crippen LogP contribution is -2.55. The minimum atomic E-state index is 0.289. The molecule has 0 radical (unpaired) electrons. The van der Waals surface area contributed by atoms with Gasteiger partial charge < -0.3 is 15.0 Å². The van der Waals surface area contributed by atoms with Crippen LogP contribution in [-0.2, 0) is 4.79 Å². The van der Waals surface area contributed by atoms with Gasteiger partial charge in [0.15, 0.2) is 0 Å². The van der Waals surface area contributed by atoms with Crippen LogP contribution in [0.1, 0.15) is 19.3 Å². The number of carbonyl (C=O) groups excluding carboxylic acids is 1. The highest BCUT2D eigenvalue weighted by molar-refractivity contribution is 9.10. The molecule has 5 heteroatoms. The second-order valence-electron chi connectivity index (χ2n) is 5.75. The van der Waals surface area contributed by atoms with E-state index < -0.39 is 0 Å². The first-order chi connectivity index (χ1) is 10.2. The van der Waals surface area contributed by atoms with Gasteiger partial charge in [0.25, 0.3) is 0 Å². The van der Waals surface area contributed by atoms with Crippen LogP contribution in [0, 0.1) is 5.92 Å². The summed E-state index contributed by atoms with van der Waals surface area (Å²) in [6, 6.07) is 8.21. The molecule has 2 heterocycles. The van der Waals surface area contributed by atoms with Crippen LogP contribution in [0.3, 0.4) is 0 Å². The van der Waals surface area contributed by atoms with E-state index in [1.54, 1.807) is 0 Å². The molecule has 2 aliphatic heterocycles. The van der Waals surface area contributed by atoms with Crippen LogP contribution in [0.15, 0.2) is 28.7 Å². The summed E-state index contributed by atoms with van der Waals surface area (Å²) in [4.78, 5) is 14.2. The highest BCUT2D eigenvalue weighted by Crippen LogP contribution is 2.28. The quantitative estimate of drug-likeness (QED) is 0.904. The molecule has 0 bridgehead atoms. The highest BCUT2D eigenvalue weighted by Gasteiger charge is 2.36. The van der Waals surface area contributed by atoms with Gasteiger partial charge >= 0.3 is 0 Å². The Labute approximate surface area is 134 Å². The number of hydrogen-bond acceptors (Lipinski definition) is 3. The van der Waals surface area contributed by atoms with Crippen molar-refractivity contribution in [3.8, 4) is 5.75 Å². The number of piperidine rings is 2. The zero-order valence-corrected chi connectivity index (χ0v) is 13.6. The van der Waals surface area contributed by atoms with E-state index in [-0.39, 0.29) is 5.91 Å².